The predicted molar refractivity (Wildman–Crippen MR) is 74.1 cm³/mol. The molecule has 0 fully saturated rings. The van der Waals surface area contributed by atoms with Crippen LogP contribution in [0.3, 0.4) is 0 Å². The molecule has 0 aliphatic rings. The van der Waals surface area contributed by atoms with Gasteiger partial charge in [-0.2, -0.15) is 0 Å². The number of pyridine rings is 1. The molecule has 0 saturated carbocycles. The minimum absolute atomic E-state index is 0.157. The Bertz CT molecular complexity index is 536. The van der Waals surface area contributed by atoms with E-state index in [2.05, 4.69) is 10.1 Å². The monoisotopic (exact) mass is 316 g/mol. The van der Waals surface area contributed by atoms with Crippen molar-refractivity contribution in [1.29, 1.82) is 0 Å². The molecule has 4 N–H and O–H groups in total. The first kappa shape index (κ1) is 17.3. The van der Waals surface area contributed by atoms with Gasteiger partial charge in [0.25, 0.3) is 7.52 Å². The first-order valence-electron chi connectivity index (χ1n) is 6.23. The second-order valence-electron chi connectivity index (χ2n) is 4.49. The van der Waals surface area contributed by atoms with Gasteiger partial charge >= 0.3 is 11.9 Å². The Hall–Kier alpha value is -1.76. The van der Waals surface area contributed by atoms with Crippen LogP contribution in [0.15, 0.2) is 24.5 Å². The lowest BCUT2D eigenvalue weighted by molar-refractivity contribution is -0.140. The van der Waals surface area contributed by atoms with Crippen LogP contribution in [0.25, 0.3) is 0 Å². The maximum Gasteiger partial charge on any atom is 0.321 e. The first-order valence-corrected chi connectivity index (χ1v) is 8.08. The number of hydrogen-bond donors (Lipinski definition) is 4. The van der Waals surface area contributed by atoms with Crippen molar-refractivity contribution in [2.24, 2.45) is 0 Å². The van der Waals surface area contributed by atoms with Crippen LogP contribution in [-0.4, -0.2) is 44.2 Å². The summed E-state index contributed by atoms with van der Waals surface area (Å²) in [7, 11) is -3.88. The molecule has 116 valence electrons. The van der Waals surface area contributed by atoms with Gasteiger partial charge in [-0.15, -0.1) is 0 Å². The van der Waals surface area contributed by atoms with Crippen molar-refractivity contribution >= 4 is 19.5 Å². The maximum absolute atomic E-state index is 12.0. The van der Waals surface area contributed by atoms with Crippen LogP contribution in [0.5, 0.6) is 0 Å². The van der Waals surface area contributed by atoms with E-state index in [-0.39, 0.29) is 19.0 Å². The molecule has 1 rings (SSSR count). The number of carboxylic acids is 2. The molecule has 1 heterocycles. The largest absolute Gasteiger partial charge is 0.481 e. The van der Waals surface area contributed by atoms with E-state index in [4.69, 9.17) is 10.2 Å². The van der Waals surface area contributed by atoms with Crippen molar-refractivity contribution in [3.05, 3.63) is 30.1 Å². The molecule has 0 spiro atoms. The average molecular weight is 316 g/mol. The van der Waals surface area contributed by atoms with Crippen molar-refractivity contribution in [1.82, 2.24) is 10.1 Å². The highest BCUT2D eigenvalue weighted by Crippen LogP contribution is 2.37. The molecule has 0 aromatic carbocycles. The summed E-state index contributed by atoms with van der Waals surface area (Å²) in [5.74, 6) is -2.52. The van der Waals surface area contributed by atoms with Crippen molar-refractivity contribution in [2.75, 3.05) is 6.16 Å². The molecule has 0 amide bonds. The van der Waals surface area contributed by atoms with E-state index in [0.29, 0.717) is 0 Å². The summed E-state index contributed by atoms with van der Waals surface area (Å²) in [6.45, 7) is 0. The van der Waals surface area contributed by atoms with Crippen LogP contribution >= 0.6 is 7.52 Å². The predicted octanol–water partition coefficient (Wildman–Crippen LogP) is 0.717. The van der Waals surface area contributed by atoms with Crippen LogP contribution in [0, 0.1) is 0 Å². The van der Waals surface area contributed by atoms with Gasteiger partial charge in [-0.05, 0) is 24.5 Å². The highest BCUT2D eigenvalue weighted by Gasteiger charge is 2.27. The summed E-state index contributed by atoms with van der Waals surface area (Å²) in [5.41, 5.74) is 0.756. The fourth-order valence-electron chi connectivity index (χ4n) is 1.65. The molecule has 9 heteroatoms. The van der Waals surface area contributed by atoms with E-state index in [0.717, 1.165) is 5.56 Å². The Morgan fingerprint density at radius 3 is 2.62 bits per heavy atom. The third-order valence-electron chi connectivity index (χ3n) is 2.73. The summed E-state index contributed by atoms with van der Waals surface area (Å²) in [4.78, 5) is 35.1. The molecule has 2 unspecified atom stereocenters. The van der Waals surface area contributed by atoms with E-state index in [1.807, 2.05) is 0 Å². The number of carbonyl (C=O) groups is 2. The molecule has 0 aliphatic carbocycles. The van der Waals surface area contributed by atoms with Gasteiger partial charge in [0.15, 0.2) is 0 Å². The van der Waals surface area contributed by atoms with Crippen molar-refractivity contribution in [2.45, 2.75) is 25.3 Å². The van der Waals surface area contributed by atoms with E-state index < -0.39 is 31.9 Å². The summed E-state index contributed by atoms with van der Waals surface area (Å²) in [6, 6.07) is 2.07. The van der Waals surface area contributed by atoms with Crippen LogP contribution in [0.2, 0.25) is 0 Å². The molecule has 2 atom stereocenters. The average Bonchev–Trinajstić information content (AvgIpc) is 2.42. The summed E-state index contributed by atoms with van der Waals surface area (Å²) in [5, 5.41) is 19.6. The number of carboxylic acid groups (broad SMARTS) is 2. The van der Waals surface area contributed by atoms with E-state index >= 15 is 0 Å². The van der Waals surface area contributed by atoms with Crippen LogP contribution in [0.1, 0.15) is 18.4 Å². The molecule has 0 saturated heterocycles. The number of rotatable bonds is 9. The Balaban J connectivity index is 2.57. The van der Waals surface area contributed by atoms with Gasteiger partial charge in [-0.25, -0.2) is 5.09 Å². The number of hydrogen-bond acceptors (Lipinski definition) is 4. The molecule has 0 aliphatic heterocycles. The van der Waals surface area contributed by atoms with Crippen molar-refractivity contribution in [3.8, 4) is 0 Å². The van der Waals surface area contributed by atoms with Gasteiger partial charge in [0.2, 0.25) is 0 Å². The van der Waals surface area contributed by atoms with Gasteiger partial charge < -0.3 is 15.1 Å². The Kier molecular flexibility index (Phi) is 6.48. The number of nitrogens with zero attached hydrogens (tertiary/aromatic N) is 1. The van der Waals surface area contributed by atoms with Gasteiger partial charge in [0, 0.05) is 25.0 Å². The molecule has 1 aromatic heterocycles. The fraction of sp³-hybridized carbons (Fsp3) is 0.417. The number of aryl methyl sites for hydroxylation is 1. The zero-order valence-corrected chi connectivity index (χ0v) is 12.1. The SMILES string of the molecule is O=C(O)CCC(NP(=O)(O)CCc1cccnc1)C(=O)O. The third kappa shape index (κ3) is 6.99. The molecule has 0 bridgehead atoms. The zero-order valence-electron chi connectivity index (χ0n) is 11.2. The standard InChI is InChI=1S/C12H17N2O6P/c15-11(16)4-3-10(12(17)18)14-21(19,20)7-5-9-2-1-6-13-8-9/h1-2,6,8,10H,3-5,7H2,(H,15,16)(H,17,18)(H2,14,19,20). The lowest BCUT2D eigenvalue weighted by atomic mass is 10.2. The van der Waals surface area contributed by atoms with Gasteiger partial charge in [0.1, 0.15) is 6.04 Å². The Labute approximate surface area is 121 Å². The van der Waals surface area contributed by atoms with Crippen LogP contribution in [-0.2, 0) is 20.6 Å². The second kappa shape index (κ2) is 7.87. The normalized spacial score (nSPS) is 15.1. The number of nitrogens with one attached hydrogen (secondary N) is 1. The van der Waals surface area contributed by atoms with Crippen molar-refractivity contribution in [3.63, 3.8) is 0 Å². The number of aromatic nitrogens is 1. The minimum atomic E-state index is -3.88. The molecule has 8 nitrogen and oxygen atoms in total. The highest BCUT2D eigenvalue weighted by molar-refractivity contribution is 7.55. The molecular formula is C12H17N2O6P. The maximum atomic E-state index is 12.0. The lowest BCUT2D eigenvalue weighted by Gasteiger charge is -2.18. The minimum Gasteiger partial charge on any atom is -0.481 e. The molecule has 1 aromatic rings. The first-order chi connectivity index (χ1) is 9.80. The van der Waals surface area contributed by atoms with Gasteiger partial charge in [-0.1, -0.05) is 6.07 Å². The summed E-state index contributed by atoms with van der Waals surface area (Å²) >= 11 is 0. The summed E-state index contributed by atoms with van der Waals surface area (Å²) < 4.78 is 12.0. The Morgan fingerprint density at radius 1 is 1.38 bits per heavy atom. The smallest absolute Gasteiger partial charge is 0.321 e. The van der Waals surface area contributed by atoms with E-state index in [1.165, 1.54) is 0 Å². The molecule has 21 heavy (non-hydrogen) atoms. The Morgan fingerprint density at radius 2 is 2.10 bits per heavy atom. The topological polar surface area (TPSA) is 137 Å². The van der Waals surface area contributed by atoms with E-state index in [1.54, 1.807) is 24.5 Å². The zero-order chi connectivity index (χ0) is 15.9. The molecular weight excluding hydrogens is 299 g/mol. The highest BCUT2D eigenvalue weighted by atomic mass is 31.2. The van der Waals surface area contributed by atoms with Gasteiger partial charge in [0.05, 0.1) is 0 Å². The van der Waals surface area contributed by atoms with Crippen molar-refractivity contribution < 1.29 is 29.3 Å². The fourth-order valence-corrected chi connectivity index (χ4v) is 3.06. The summed E-state index contributed by atoms with van der Waals surface area (Å²) in [6.07, 6.45) is 2.58. The lowest BCUT2D eigenvalue weighted by Crippen LogP contribution is -2.35. The third-order valence-corrected chi connectivity index (χ3v) is 4.27. The number of aliphatic carboxylic acids is 2. The van der Waals surface area contributed by atoms with Crippen LogP contribution < -0.4 is 5.09 Å². The quantitative estimate of drug-likeness (QED) is 0.489. The molecule has 0 radical (unpaired) electrons. The van der Waals surface area contributed by atoms with E-state index in [9.17, 15) is 19.0 Å². The van der Waals surface area contributed by atoms with Crippen LogP contribution in [0.4, 0.5) is 0 Å². The second-order valence-corrected chi connectivity index (χ2v) is 6.60. The van der Waals surface area contributed by atoms with Gasteiger partial charge in [-0.3, -0.25) is 19.1 Å².